The van der Waals surface area contributed by atoms with E-state index in [1.807, 2.05) is 24.3 Å². The molecule has 0 bridgehead atoms. The van der Waals surface area contributed by atoms with E-state index >= 15 is 0 Å². The van der Waals surface area contributed by atoms with E-state index in [0.717, 1.165) is 60.7 Å². The molecule has 0 saturated heterocycles. The maximum absolute atomic E-state index is 13.6. The quantitative estimate of drug-likeness (QED) is 0.379. The van der Waals surface area contributed by atoms with Crippen LogP contribution in [0.5, 0.6) is 5.75 Å². The zero-order valence-corrected chi connectivity index (χ0v) is 17.6. The van der Waals surface area contributed by atoms with Crippen LogP contribution in [0.4, 0.5) is 4.39 Å². The Balaban J connectivity index is 1.49. The predicted octanol–water partition coefficient (Wildman–Crippen LogP) is 5.44. The van der Waals surface area contributed by atoms with Crippen LogP contribution in [0.1, 0.15) is 0 Å². The number of nitrogens with one attached hydrogen (secondary N) is 2. The van der Waals surface area contributed by atoms with Gasteiger partial charge in [0.05, 0.1) is 41.9 Å². The minimum atomic E-state index is -0.227. The highest BCUT2D eigenvalue weighted by molar-refractivity contribution is 7.14. The summed E-state index contributed by atoms with van der Waals surface area (Å²) in [5.41, 5.74) is 6.36. The number of ether oxygens (including phenoxy) is 1. The molecule has 0 aliphatic carbocycles. The summed E-state index contributed by atoms with van der Waals surface area (Å²) >= 11 is 1.10. The molecule has 2 N–H and O–H groups in total. The SMILES string of the molecule is COc1cncc(-c2ccc3[nH]nc(-c4cc5c(-c6ccc(F)s6)cncc5[nH]4)c3n2)c1. The van der Waals surface area contributed by atoms with E-state index in [-0.39, 0.29) is 5.13 Å². The molecule has 0 unspecified atom stereocenters. The van der Waals surface area contributed by atoms with Crippen molar-refractivity contribution in [2.24, 2.45) is 0 Å². The molecule has 0 aliphatic rings. The molecule has 156 valence electrons. The summed E-state index contributed by atoms with van der Waals surface area (Å²) in [5.74, 6) is 0.664. The largest absolute Gasteiger partial charge is 0.495 e. The van der Waals surface area contributed by atoms with E-state index in [4.69, 9.17) is 9.72 Å². The Hall–Kier alpha value is -4.11. The number of hydrogen-bond acceptors (Lipinski definition) is 6. The Morgan fingerprint density at radius 1 is 0.969 bits per heavy atom. The summed E-state index contributed by atoms with van der Waals surface area (Å²) in [6.45, 7) is 0. The molecule has 6 rings (SSSR count). The van der Waals surface area contributed by atoms with Crippen LogP contribution >= 0.6 is 11.3 Å². The number of fused-ring (bicyclic) bond motifs is 2. The first kappa shape index (κ1) is 18.6. The first-order chi connectivity index (χ1) is 15.7. The first-order valence-electron chi connectivity index (χ1n) is 9.77. The fourth-order valence-electron chi connectivity index (χ4n) is 3.75. The van der Waals surface area contributed by atoms with Crippen molar-refractivity contribution in [2.75, 3.05) is 7.11 Å². The summed E-state index contributed by atoms with van der Waals surface area (Å²) < 4.78 is 18.9. The maximum atomic E-state index is 13.6. The predicted molar refractivity (Wildman–Crippen MR) is 122 cm³/mol. The first-order valence-corrected chi connectivity index (χ1v) is 10.6. The number of nitrogens with zero attached hydrogens (tertiary/aromatic N) is 4. The van der Waals surface area contributed by atoms with Crippen LogP contribution in [0.25, 0.3) is 55.0 Å². The van der Waals surface area contributed by atoms with Crippen LogP contribution in [-0.4, -0.2) is 37.2 Å². The molecule has 9 heteroatoms. The second kappa shape index (κ2) is 7.24. The smallest absolute Gasteiger partial charge is 0.176 e. The van der Waals surface area contributed by atoms with Gasteiger partial charge in [-0.3, -0.25) is 15.1 Å². The van der Waals surface area contributed by atoms with Crippen molar-refractivity contribution in [1.82, 2.24) is 30.1 Å². The highest BCUT2D eigenvalue weighted by Crippen LogP contribution is 2.36. The number of pyridine rings is 3. The van der Waals surface area contributed by atoms with Crippen LogP contribution in [-0.2, 0) is 0 Å². The van der Waals surface area contributed by atoms with Gasteiger partial charge in [-0.05, 0) is 36.4 Å². The van der Waals surface area contributed by atoms with Gasteiger partial charge in [0.15, 0.2) is 5.13 Å². The Kier molecular flexibility index (Phi) is 4.22. The Bertz CT molecular complexity index is 1600. The van der Waals surface area contributed by atoms with Gasteiger partial charge in [-0.2, -0.15) is 9.49 Å². The highest BCUT2D eigenvalue weighted by atomic mass is 32.1. The van der Waals surface area contributed by atoms with Crippen LogP contribution in [0.15, 0.2) is 61.2 Å². The Morgan fingerprint density at radius 2 is 1.88 bits per heavy atom. The van der Waals surface area contributed by atoms with Crippen molar-refractivity contribution in [1.29, 1.82) is 0 Å². The van der Waals surface area contributed by atoms with Crippen molar-refractivity contribution in [2.45, 2.75) is 0 Å². The lowest BCUT2D eigenvalue weighted by molar-refractivity contribution is 0.413. The van der Waals surface area contributed by atoms with Gasteiger partial charge in [0, 0.05) is 33.8 Å². The van der Waals surface area contributed by atoms with E-state index < -0.39 is 0 Å². The van der Waals surface area contributed by atoms with E-state index in [1.54, 1.807) is 38.0 Å². The monoisotopic (exact) mass is 442 g/mol. The summed E-state index contributed by atoms with van der Waals surface area (Å²) in [4.78, 5) is 17.6. The average molecular weight is 442 g/mol. The third kappa shape index (κ3) is 3.02. The van der Waals surface area contributed by atoms with E-state index in [2.05, 4.69) is 25.1 Å². The van der Waals surface area contributed by atoms with Gasteiger partial charge in [0.1, 0.15) is 17.0 Å². The normalized spacial score (nSPS) is 11.4. The second-order valence-electron chi connectivity index (χ2n) is 7.21. The lowest BCUT2D eigenvalue weighted by Gasteiger charge is -2.04. The zero-order chi connectivity index (χ0) is 21.7. The topological polar surface area (TPSA) is 92.4 Å². The van der Waals surface area contributed by atoms with E-state index in [9.17, 15) is 4.39 Å². The maximum Gasteiger partial charge on any atom is 0.176 e. The van der Waals surface area contributed by atoms with Crippen molar-refractivity contribution >= 4 is 33.3 Å². The summed E-state index contributed by atoms with van der Waals surface area (Å²) in [5, 5.41) is 8.26. The molecule has 0 aromatic carbocycles. The van der Waals surface area contributed by atoms with Crippen LogP contribution in [0.3, 0.4) is 0 Å². The second-order valence-corrected chi connectivity index (χ2v) is 8.25. The zero-order valence-electron chi connectivity index (χ0n) is 16.8. The Morgan fingerprint density at radius 3 is 2.72 bits per heavy atom. The fourth-order valence-corrected chi connectivity index (χ4v) is 4.51. The lowest BCUT2D eigenvalue weighted by atomic mass is 10.1. The van der Waals surface area contributed by atoms with Gasteiger partial charge < -0.3 is 9.72 Å². The van der Waals surface area contributed by atoms with Gasteiger partial charge in [-0.25, -0.2) is 4.98 Å². The number of halogens is 1. The Labute approximate surface area is 185 Å². The molecule has 7 nitrogen and oxygen atoms in total. The minimum absolute atomic E-state index is 0.227. The summed E-state index contributed by atoms with van der Waals surface area (Å²) in [6, 6.07) is 11.0. The average Bonchev–Trinajstić information content (AvgIpc) is 3.55. The third-order valence-electron chi connectivity index (χ3n) is 5.29. The van der Waals surface area contributed by atoms with Gasteiger partial charge >= 0.3 is 0 Å². The van der Waals surface area contributed by atoms with Gasteiger partial charge in [-0.15, -0.1) is 11.3 Å². The molecule has 0 fully saturated rings. The highest BCUT2D eigenvalue weighted by Gasteiger charge is 2.16. The van der Waals surface area contributed by atoms with Crippen LogP contribution in [0.2, 0.25) is 0 Å². The molecule has 32 heavy (non-hydrogen) atoms. The lowest BCUT2D eigenvalue weighted by Crippen LogP contribution is -1.89. The number of aromatic nitrogens is 6. The van der Waals surface area contributed by atoms with Gasteiger partial charge in [-0.1, -0.05) is 0 Å². The number of hydrogen-bond donors (Lipinski definition) is 2. The molecule has 0 saturated carbocycles. The third-order valence-corrected chi connectivity index (χ3v) is 6.20. The fraction of sp³-hybridized carbons (Fsp3) is 0.0435. The van der Waals surface area contributed by atoms with Gasteiger partial charge in [0.2, 0.25) is 0 Å². The van der Waals surface area contributed by atoms with Gasteiger partial charge in [0.25, 0.3) is 0 Å². The molecule has 0 radical (unpaired) electrons. The summed E-state index contributed by atoms with van der Waals surface area (Å²) in [6.07, 6.45) is 6.90. The number of H-pyrrole nitrogens is 2. The number of aromatic amines is 2. The molecule has 6 aromatic rings. The molecule has 0 amide bonds. The molecular formula is C23H15FN6OS. The van der Waals surface area contributed by atoms with Crippen LogP contribution in [0, 0.1) is 5.13 Å². The minimum Gasteiger partial charge on any atom is -0.495 e. The molecule has 0 spiro atoms. The van der Waals surface area contributed by atoms with E-state index in [1.165, 1.54) is 6.07 Å². The molecule has 0 aliphatic heterocycles. The van der Waals surface area contributed by atoms with Crippen molar-refractivity contribution in [3.8, 4) is 38.8 Å². The van der Waals surface area contributed by atoms with Crippen molar-refractivity contribution in [3.05, 3.63) is 66.3 Å². The molecule has 6 heterocycles. The standard InChI is InChI=1S/C23H15FN6OS/c1-31-13-6-12(8-25-9-13)16-2-3-17-22(28-16)23(30-29-17)18-7-14-15(10-26-11-19(14)27-18)20-4-5-21(24)32-20/h2-11,27H,1H3,(H,29,30). The summed E-state index contributed by atoms with van der Waals surface area (Å²) in [7, 11) is 1.61. The van der Waals surface area contributed by atoms with Crippen molar-refractivity contribution in [3.63, 3.8) is 0 Å². The molecular weight excluding hydrogens is 427 g/mol. The van der Waals surface area contributed by atoms with Crippen molar-refractivity contribution < 1.29 is 9.13 Å². The number of thiophene rings is 1. The van der Waals surface area contributed by atoms with Crippen LogP contribution < -0.4 is 4.74 Å². The molecule has 0 atom stereocenters. The number of rotatable bonds is 4. The number of methoxy groups -OCH3 is 1. The molecule has 6 aromatic heterocycles. The van der Waals surface area contributed by atoms with E-state index in [0.29, 0.717) is 11.4 Å².